The summed E-state index contributed by atoms with van der Waals surface area (Å²) >= 11 is 0. The van der Waals surface area contributed by atoms with Crippen LogP contribution in [0.4, 0.5) is 0 Å². The zero-order valence-corrected chi connectivity index (χ0v) is 16.7. The molecule has 4 rings (SSSR count). The zero-order valence-electron chi connectivity index (χ0n) is 15.9. The molecular weight excluding hydrogens is 366 g/mol. The van der Waals surface area contributed by atoms with E-state index in [-0.39, 0.29) is 18.0 Å². The molecule has 3 aliphatic rings. The highest BCUT2D eigenvalue weighted by Gasteiger charge is 2.54. The van der Waals surface area contributed by atoms with Crippen LogP contribution in [0.2, 0.25) is 0 Å². The predicted molar refractivity (Wildman–Crippen MR) is 105 cm³/mol. The molecule has 1 saturated carbocycles. The van der Waals surface area contributed by atoms with Gasteiger partial charge in [0.2, 0.25) is 0 Å². The summed E-state index contributed by atoms with van der Waals surface area (Å²) in [6.07, 6.45) is 7.49. The van der Waals surface area contributed by atoms with Crippen molar-refractivity contribution in [3.8, 4) is 0 Å². The third-order valence-corrected chi connectivity index (χ3v) is 6.74. The monoisotopic (exact) mass is 395 g/mol. The number of nitrogens with zero attached hydrogens (tertiary/aromatic N) is 2. The van der Waals surface area contributed by atoms with Crippen LogP contribution in [-0.4, -0.2) is 55.2 Å². The molecule has 3 atom stereocenters. The van der Waals surface area contributed by atoms with Gasteiger partial charge in [0.1, 0.15) is 11.3 Å². The third kappa shape index (κ3) is 3.60. The van der Waals surface area contributed by atoms with E-state index in [1.54, 1.807) is 6.20 Å². The standard InChI is InChI=1S/C20H29N3O3.ClH/c1-25-20(14-5-8-22-18(11-14)19(21)24)15-3-2-4-16(20)13-23(12-15)17-6-9-26-10-7-17;/h5,8,11,15-17H,2-4,6-7,9-10,12-13H2,1H3,(H2,21,24);1H/t15-,16+,20-;. The molecule has 1 aromatic rings. The van der Waals surface area contributed by atoms with Crippen molar-refractivity contribution in [1.29, 1.82) is 0 Å². The molecule has 7 heteroatoms. The number of hydrogen-bond acceptors (Lipinski definition) is 5. The quantitative estimate of drug-likeness (QED) is 0.846. The number of pyridine rings is 1. The highest BCUT2D eigenvalue weighted by molar-refractivity contribution is 5.90. The lowest BCUT2D eigenvalue weighted by Gasteiger charge is -2.57. The molecule has 3 fully saturated rings. The number of halogens is 1. The average molecular weight is 396 g/mol. The van der Waals surface area contributed by atoms with E-state index in [9.17, 15) is 4.79 Å². The number of piperidine rings is 1. The van der Waals surface area contributed by atoms with Crippen LogP contribution in [0.3, 0.4) is 0 Å². The highest BCUT2D eigenvalue weighted by atomic mass is 35.5. The summed E-state index contributed by atoms with van der Waals surface area (Å²) in [5, 5.41) is 0. The van der Waals surface area contributed by atoms with Gasteiger partial charge < -0.3 is 15.2 Å². The van der Waals surface area contributed by atoms with Gasteiger partial charge in [-0.25, -0.2) is 0 Å². The van der Waals surface area contributed by atoms with Gasteiger partial charge in [0, 0.05) is 57.5 Å². The number of nitrogens with two attached hydrogens (primary N) is 1. The summed E-state index contributed by atoms with van der Waals surface area (Å²) in [5.41, 5.74) is 6.51. The Morgan fingerprint density at radius 3 is 2.52 bits per heavy atom. The Bertz CT molecular complexity index is 652. The number of aromatic nitrogens is 1. The second-order valence-electron chi connectivity index (χ2n) is 7.91. The molecule has 2 N–H and O–H groups in total. The first-order valence-corrected chi connectivity index (χ1v) is 9.78. The Morgan fingerprint density at radius 1 is 1.26 bits per heavy atom. The minimum absolute atomic E-state index is 0. The van der Waals surface area contributed by atoms with Crippen molar-refractivity contribution in [1.82, 2.24) is 9.88 Å². The number of carbonyl (C=O) groups is 1. The normalized spacial score (nSPS) is 31.9. The maximum Gasteiger partial charge on any atom is 0.267 e. The van der Waals surface area contributed by atoms with Crippen LogP contribution >= 0.6 is 12.4 Å². The number of ether oxygens (including phenoxy) is 2. The van der Waals surface area contributed by atoms with Crippen LogP contribution in [0, 0.1) is 11.8 Å². The van der Waals surface area contributed by atoms with E-state index in [2.05, 4.69) is 9.88 Å². The zero-order chi connectivity index (χ0) is 18.1. The van der Waals surface area contributed by atoms with Gasteiger partial charge in [-0.2, -0.15) is 0 Å². The molecule has 1 aliphatic carbocycles. The molecule has 0 aromatic carbocycles. The predicted octanol–water partition coefficient (Wildman–Crippen LogP) is 2.35. The Hall–Kier alpha value is -1.21. The Balaban J connectivity index is 0.00000210. The summed E-state index contributed by atoms with van der Waals surface area (Å²) < 4.78 is 11.8. The number of primary amides is 1. The molecular formula is C20H30ClN3O3. The largest absolute Gasteiger partial charge is 0.381 e. The second kappa shape index (κ2) is 8.43. The van der Waals surface area contributed by atoms with E-state index < -0.39 is 5.91 Å². The molecule has 1 aromatic heterocycles. The number of amides is 1. The van der Waals surface area contributed by atoms with Crippen LogP contribution in [0.15, 0.2) is 18.3 Å². The van der Waals surface area contributed by atoms with E-state index in [0.29, 0.717) is 23.6 Å². The molecule has 6 nitrogen and oxygen atoms in total. The third-order valence-electron chi connectivity index (χ3n) is 6.74. The summed E-state index contributed by atoms with van der Waals surface area (Å²) in [5.74, 6) is 0.361. The van der Waals surface area contributed by atoms with Gasteiger partial charge in [0.05, 0.1) is 0 Å². The van der Waals surface area contributed by atoms with Crippen molar-refractivity contribution in [2.24, 2.45) is 17.6 Å². The first-order valence-electron chi connectivity index (χ1n) is 9.78. The van der Waals surface area contributed by atoms with Crippen molar-refractivity contribution >= 4 is 18.3 Å². The van der Waals surface area contributed by atoms with E-state index in [0.717, 1.165) is 57.6 Å². The highest BCUT2D eigenvalue weighted by Crippen LogP contribution is 2.52. The Morgan fingerprint density at radius 2 is 1.93 bits per heavy atom. The SMILES string of the molecule is CO[C@]1(c2ccnc(C(N)=O)c2)[C@@H]2CCC[C@H]1CN(C1CCOCC1)C2.Cl. The molecule has 0 spiro atoms. The minimum atomic E-state index is -0.483. The fraction of sp³-hybridized carbons (Fsp3) is 0.700. The van der Waals surface area contributed by atoms with Gasteiger partial charge in [0.15, 0.2) is 0 Å². The van der Waals surface area contributed by atoms with Crippen LogP contribution in [0.5, 0.6) is 0 Å². The summed E-state index contributed by atoms with van der Waals surface area (Å²) in [6, 6.07) is 4.48. The maximum atomic E-state index is 11.6. The van der Waals surface area contributed by atoms with E-state index in [1.807, 2.05) is 19.2 Å². The lowest BCUT2D eigenvalue weighted by Crippen LogP contribution is -2.61. The number of hydrogen-bond donors (Lipinski definition) is 1. The van der Waals surface area contributed by atoms with Gasteiger partial charge in [-0.15, -0.1) is 12.4 Å². The van der Waals surface area contributed by atoms with Gasteiger partial charge in [0.25, 0.3) is 5.91 Å². The van der Waals surface area contributed by atoms with Gasteiger partial charge in [-0.05, 0) is 43.4 Å². The molecule has 2 bridgehead atoms. The Labute approximate surface area is 167 Å². The second-order valence-corrected chi connectivity index (χ2v) is 7.91. The lowest BCUT2D eigenvalue weighted by molar-refractivity contribution is -0.177. The first kappa shape index (κ1) is 20.5. The summed E-state index contributed by atoms with van der Waals surface area (Å²) in [4.78, 5) is 18.4. The average Bonchev–Trinajstić information content (AvgIpc) is 2.67. The van der Waals surface area contributed by atoms with Crippen LogP contribution in [0.1, 0.15) is 48.2 Å². The van der Waals surface area contributed by atoms with E-state index in [4.69, 9.17) is 15.2 Å². The maximum absolute atomic E-state index is 11.6. The summed E-state index contributed by atoms with van der Waals surface area (Å²) in [7, 11) is 1.82. The van der Waals surface area contributed by atoms with Crippen molar-refractivity contribution < 1.29 is 14.3 Å². The molecule has 2 aliphatic heterocycles. The van der Waals surface area contributed by atoms with Gasteiger partial charge in [-0.1, -0.05) is 6.42 Å². The number of fused-ring (bicyclic) bond motifs is 2. The van der Waals surface area contributed by atoms with Crippen LogP contribution in [-0.2, 0) is 15.1 Å². The smallest absolute Gasteiger partial charge is 0.267 e. The molecule has 150 valence electrons. The molecule has 0 unspecified atom stereocenters. The van der Waals surface area contributed by atoms with Gasteiger partial charge >= 0.3 is 0 Å². The molecule has 1 amide bonds. The van der Waals surface area contributed by atoms with Crippen molar-refractivity contribution in [2.75, 3.05) is 33.4 Å². The molecule has 27 heavy (non-hydrogen) atoms. The number of carbonyl (C=O) groups excluding carboxylic acids is 1. The van der Waals surface area contributed by atoms with E-state index in [1.165, 1.54) is 6.42 Å². The topological polar surface area (TPSA) is 77.7 Å². The number of rotatable bonds is 4. The first-order chi connectivity index (χ1) is 12.6. The number of methoxy groups -OCH3 is 1. The molecule has 0 radical (unpaired) electrons. The summed E-state index contributed by atoms with van der Waals surface area (Å²) in [6.45, 7) is 3.84. The Kier molecular flexibility index (Phi) is 6.41. The fourth-order valence-corrected chi connectivity index (χ4v) is 5.55. The molecule has 3 heterocycles. The van der Waals surface area contributed by atoms with Crippen molar-refractivity contribution in [2.45, 2.75) is 43.7 Å². The van der Waals surface area contributed by atoms with Gasteiger partial charge in [-0.3, -0.25) is 14.7 Å². The molecule has 2 saturated heterocycles. The number of likely N-dealkylation sites (tertiary alicyclic amines) is 1. The minimum Gasteiger partial charge on any atom is -0.381 e. The van der Waals surface area contributed by atoms with Crippen molar-refractivity contribution in [3.05, 3.63) is 29.6 Å². The lowest BCUT2D eigenvalue weighted by atomic mass is 9.62. The fourth-order valence-electron chi connectivity index (χ4n) is 5.55. The van der Waals surface area contributed by atoms with Crippen LogP contribution < -0.4 is 5.73 Å². The van der Waals surface area contributed by atoms with E-state index >= 15 is 0 Å². The van der Waals surface area contributed by atoms with Crippen molar-refractivity contribution in [3.63, 3.8) is 0 Å². The van der Waals surface area contributed by atoms with Crippen LogP contribution in [0.25, 0.3) is 0 Å².